The molecule has 100 valence electrons. The number of hydrogen-bond acceptors (Lipinski definition) is 1. The van der Waals surface area contributed by atoms with Crippen LogP contribution in [-0.2, 0) is 0 Å². The molecule has 0 aliphatic carbocycles. The SMILES string of the molecule is Cc1ccc(C(Br)C(=O)c2c[nH]c3ccccc23)cc1. The van der Waals surface area contributed by atoms with Crippen LogP contribution in [0.3, 0.4) is 0 Å². The monoisotopic (exact) mass is 327 g/mol. The number of aryl methyl sites for hydroxylation is 1. The minimum Gasteiger partial charge on any atom is -0.360 e. The first-order valence-corrected chi connectivity index (χ1v) is 7.39. The van der Waals surface area contributed by atoms with Crippen molar-refractivity contribution >= 4 is 32.6 Å². The molecule has 0 radical (unpaired) electrons. The van der Waals surface area contributed by atoms with Gasteiger partial charge in [-0.2, -0.15) is 0 Å². The Balaban J connectivity index is 1.97. The van der Waals surface area contributed by atoms with Gasteiger partial charge in [-0.15, -0.1) is 0 Å². The molecule has 0 aliphatic heterocycles. The fraction of sp³-hybridized carbons (Fsp3) is 0.118. The molecule has 2 nitrogen and oxygen atoms in total. The van der Waals surface area contributed by atoms with Crippen LogP contribution in [0.2, 0.25) is 0 Å². The number of Topliss-reactive ketones (excluding diaryl/α,β-unsaturated/α-hetero) is 1. The first-order chi connectivity index (χ1) is 9.66. The second kappa shape index (κ2) is 5.25. The zero-order valence-electron chi connectivity index (χ0n) is 11.1. The van der Waals surface area contributed by atoms with Crippen LogP contribution in [0.15, 0.2) is 54.7 Å². The van der Waals surface area contributed by atoms with Gasteiger partial charge in [0, 0.05) is 22.7 Å². The number of carbonyl (C=O) groups excluding carboxylic acids is 1. The number of alkyl halides is 1. The van der Waals surface area contributed by atoms with E-state index < -0.39 is 0 Å². The first-order valence-electron chi connectivity index (χ1n) is 6.48. The molecule has 0 saturated heterocycles. The number of halogens is 1. The highest BCUT2D eigenvalue weighted by Gasteiger charge is 2.21. The summed E-state index contributed by atoms with van der Waals surface area (Å²) in [6.45, 7) is 2.04. The highest BCUT2D eigenvalue weighted by Crippen LogP contribution is 2.30. The maximum absolute atomic E-state index is 12.6. The molecule has 0 aliphatic rings. The fourth-order valence-electron chi connectivity index (χ4n) is 2.30. The Kier molecular flexibility index (Phi) is 3.45. The van der Waals surface area contributed by atoms with Gasteiger partial charge in [0.05, 0.1) is 0 Å². The topological polar surface area (TPSA) is 32.9 Å². The van der Waals surface area contributed by atoms with Crippen molar-refractivity contribution in [3.63, 3.8) is 0 Å². The third-order valence-electron chi connectivity index (χ3n) is 3.45. The maximum Gasteiger partial charge on any atom is 0.183 e. The molecule has 1 atom stereocenters. The number of aromatic amines is 1. The summed E-state index contributed by atoms with van der Waals surface area (Å²) in [5, 5.41) is 0.967. The van der Waals surface area contributed by atoms with Crippen molar-refractivity contribution in [2.45, 2.75) is 11.8 Å². The smallest absolute Gasteiger partial charge is 0.183 e. The lowest BCUT2D eigenvalue weighted by atomic mass is 10.0. The Hall–Kier alpha value is -1.87. The second-order valence-corrected chi connectivity index (χ2v) is 5.80. The summed E-state index contributed by atoms with van der Waals surface area (Å²) in [7, 11) is 0. The molecule has 0 saturated carbocycles. The van der Waals surface area contributed by atoms with Gasteiger partial charge < -0.3 is 4.98 Å². The van der Waals surface area contributed by atoms with Crippen LogP contribution in [0, 0.1) is 6.92 Å². The molecule has 2 aromatic carbocycles. The highest BCUT2D eigenvalue weighted by atomic mass is 79.9. The number of para-hydroxylation sites is 1. The number of aromatic nitrogens is 1. The molecular weight excluding hydrogens is 314 g/mol. The minimum absolute atomic E-state index is 0.0753. The third kappa shape index (κ3) is 2.29. The van der Waals surface area contributed by atoms with E-state index in [-0.39, 0.29) is 10.6 Å². The Morgan fingerprint density at radius 1 is 1.10 bits per heavy atom. The summed E-state index contributed by atoms with van der Waals surface area (Å²) in [6, 6.07) is 15.9. The van der Waals surface area contributed by atoms with E-state index >= 15 is 0 Å². The lowest BCUT2D eigenvalue weighted by Gasteiger charge is -2.09. The molecule has 0 bridgehead atoms. The average molecular weight is 328 g/mol. The summed E-state index contributed by atoms with van der Waals surface area (Å²) < 4.78 is 0. The van der Waals surface area contributed by atoms with E-state index in [2.05, 4.69) is 20.9 Å². The lowest BCUT2D eigenvalue weighted by Crippen LogP contribution is -2.06. The quantitative estimate of drug-likeness (QED) is 0.544. The average Bonchev–Trinajstić information content (AvgIpc) is 2.90. The van der Waals surface area contributed by atoms with E-state index in [9.17, 15) is 4.79 Å². The van der Waals surface area contributed by atoms with Crippen molar-refractivity contribution < 1.29 is 4.79 Å². The van der Waals surface area contributed by atoms with Crippen LogP contribution in [-0.4, -0.2) is 10.8 Å². The Morgan fingerprint density at radius 3 is 2.55 bits per heavy atom. The molecule has 1 unspecified atom stereocenters. The maximum atomic E-state index is 12.6. The van der Waals surface area contributed by atoms with Crippen LogP contribution >= 0.6 is 15.9 Å². The van der Waals surface area contributed by atoms with Gasteiger partial charge >= 0.3 is 0 Å². The van der Waals surface area contributed by atoms with Crippen LogP contribution in [0.5, 0.6) is 0 Å². The van der Waals surface area contributed by atoms with E-state index in [4.69, 9.17) is 0 Å². The van der Waals surface area contributed by atoms with Crippen molar-refractivity contribution in [2.75, 3.05) is 0 Å². The molecule has 1 aromatic heterocycles. The van der Waals surface area contributed by atoms with Gasteiger partial charge in [0.15, 0.2) is 5.78 Å². The Morgan fingerprint density at radius 2 is 1.80 bits per heavy atom. The van der Waals surface area contributed by atoms with Crippen molar-refractivity contribution in [2.24, 2.45) is 0 Å². The molecule has 3 heteroatoms. The molecule has 20 heavy (non-hydrogen) atoms. The number of benzene rings is 2. The largest absolute Gasteiger partial charge is 0.360 e. The third-order valence-corrected chi connectivity index (χ3v) is 4.40. The van der Waals surface area contributed by atoms with Gasteiger partial charge in [-0.25, -0.2) is 0 Å². The molecule has 1 N–H and O–H groups in total. The summed E-state index contributed by atoms with van der Waals surface area (Å²) in [6.07, 6.45) is 1.79. The molecule has 0 spiro atoms. The second-order valence-electron chi connectivity index (χ2n) is 4.89. The fourth-order valence-corrected chi connectivity index (χ4v) is 2.85. The standard InChI is InChI=1S/C17H14BrNO/c1-11-6-8-12(9-7-11)16(18)17(20)14-10-19-15-5-3-2-4-13(14)15/h2-10,16,19H,1H3. The number of carbonyl (C=O) groups is 1. The summed E-state index contributed by atoms with van der Waals surface area (Å²) in [5.74, 6) is 0.0753. The van der Waals surface area contributed by atoms with Crippen molar-refractivity contribution in [1.82, 2.24) is 4.98 Å². The van der Waals surface area contributed by atoms with Crippen molar-refractivity contribution in [3.8, 4) is 0 Å². The van der Waals surface area contributed by atoms with Gasteiger partial charge in [-0.1, -0.05) is 64.0 Å². The number of hydrogen-bond donors (Lipinski definition) is 1. The molecule has 3 rings (SSSR count). The molecular formula is C17H14BrNO. The van der Waals surface area contributed by atoms with E-state index in [1.54, 1.807) is 6.20 Å². The van der Waals surface area contributed by atoms with Crippen molar-refractivity contribution in [1.29, 1.82) is 0 Å². The van der Waals surface area contributed by atoms with Crippen LogP contribution in [0.1, 0.15) is 26.3 Å². The van der Waals surface area contributed by atoms with Crippen molar-refractivity contribution in [3.05, 3.63) is 71.4 Å². The number of fused-ring (bicyclic) bond motifs is 1. The predicted octanol–water partition coefficient (Wildman–Crippen LogP) is 4.80. The molecule has 1 heterocycles. The summed E-state index contributed by atoms with van der Waals surface area (Å²) >= 11 is 3.52. The van der Waals surface area contributed by atoms with Crippen LogP contribution in [0.25, 0.3) is 10.9 Å². The van der Waals surface area contributed by atoms with E-state index in [1.807, 2.05) is 55.5 Å². The number of H-pyrrole nitrogens is 1. The molecule has 0 amide bonds. The van der Waals surface area contributed by atoms with Crippen LogP contribution in [0.4, 0.5) is 0 Å². The number of rotatable bonds is 3. The Labute approximate surface area is 126 Å². The van der Waals surface area contributed by atoms with Gasteiger partial charge in [-0.05, 0) is 18.6 Å². The normalized spacial score (nSPS) is 12.5. The van der Waals surface area contributed by atoms with E-state index in [0.717, 1.165) is 22.0 Å². The number of ketones is 1. The van der Waals surface area contributed by atoms with Gasteiger partial charge in [0.25, 0.3) is 0 Å². The highest BCUT2D eigenvalue weighted by molar-refractivity contribution is 9.09. The van der Waals surface area contributed by atoms with Crippen LogP contribution < -0.4 is 0 Å². The zero-order valence-corrected chi connectivity index (χ0v) is 12.6. The summed E-state index contributed by atoms with van der Waals surface area (Å²) in [5.41, 5.74) is 3.88. The number of nitrogens with one attached hydrogen (secondary N) is 1. The zero-order chi connectivity index (χ0) is 14.1. The van der Waals surface area contributed by atoms with Gasteiger partial charge in [-0.3, -0.25) is 4.79 Å². The molecule has 0 fully saturated rings. The molecule has 3 aromatic rings. The van der Waals surface area contributed by atoms with E-state index in [1.165, 1.54) is 5.56 Å². The first kappa shape index (κ1) is 13.1. The summed E-state index contributed by atoms with van der Waals surface area (Å²) in [4.78, 5) is 15.5. The van der Waals surface area contributed by atoms with Gasteiger partial charge in [0.1, 0.15) is 4.83 Å². The predicted molar refractivity (Wildman–Crippen MR) is 85.5 cm³/mol. The van der Waals surface area contributed by atoms with E-state index in [0.29, 0.717) is 0 Å². The lowest BCUT2D eigenvalue weighted by molar-refractivity contribution is 0.0993. The minimum atomic E-state index is -0.317. The van der Waals surface area contributed by atoms with Gasteiger partial charge in [0.2, 0.25) is 0 Å². The Bertz CT molecular complexity index is 758.